The fourth-order valence-corrected chi connectivity index (χ4v) is 5.82. The maximum absolute atomic E-state index is 12.8. The predicted octanol–water partition coefficient (Wildman–Crippen LogP) is 6.86. The molecule has 3 aromatic rings. The second-order valence-electron chi connectivity index (χ2n) is 7.67. The van der Waals surface area contributed by atoms with Crippen LogP contribution in [0.2, 0.25) is 10.0 Å². The Morgan fingerprint density at radius 2 is 2.03 bits per heavy atom. The zero-order chi connectivity index (χ0) is 21.8. The van der Waals surface area contributed by atoms with Gasteiger partial charge in [0, 0.05) is 17.3 Å². The first-order valence-corrected chi connectivity index (χ1v) is 12.9. The third kappa shape index (κ3) is 5.45. The summed E-state index contributed by atoms with van der Waals surface area (Å²) in [5.41, 5.74) is 0.513. The van der Waals surface area contributed by atoms with E-state index in [0.29, 0.717) is 21.8 Å². The van der Waals surface area contributed by atoms with Crippen LogP contribution in [-0.2, 0) is 11.2 Å². The molecule has 9 heteroatoms. The van der Waals surface area contributed by atoms with Crippen molar-refractivity contribution in [3.05, 3.63) is 56.5 Å². The number of thioether (sulfide) groups is 1. The molecule has 0 bridgehead atoms. The van der Waals surface area contributed by atoms with Crippen LogP contribution in [0.1, 0.15) is 55.8 Å². The average Bonchev–Trinajstić information content (AvgIpc) is 3.42. The molecule has 1 amide bonds. The highest BCUT2D eigenvalue weighted by atomic mass is 35.5. The second-order valence-corrected chi connectivity index (χ2v) is 10.8. The Hall–Kier alpha value is -1.54. The van der Waals surface area contributed by atoms with Crippen LogP contribution in [0.25, 0.3) is 0 Å². The van der Waals surface area contributed by atoms with Crippen LogP contribution < -0.4 is 5.32 Å². The number of anilines is 1. The highest BCUT2D eigenvalue weighted by Gasteiger charge is 2.26. The van der Waals surface area contributed by atoms with Gasteiger partial charge < -0.3 is 9.88 Å². The molecular formula is C22H24Cl2N4OS2. The molecule has 1 atom stereocenters. The van der Waals surface area contributed by atoms with Gasteiger partial charge in [-0.2, -0.15) is 0 Å². The summed E-state index contributed by atoms with van der Waals surface area (Å²) >= 11 is 15.5. The zero-order valence-electron chi connectivity index (χ0n) is 17.2. The molecule has 164 valence electrons. The summed E-state index contributed by atoms with van der Waals surface area (Å²) in [6.45, 7) is 1.87. The van der Waals surface area contributed by atoms with Crippen LogP contribution >= 0.6 is 46.3 Å². The lowest BCUT2D eigenvalue weighted by atomic mass is 9.95. The minimum atomic E-state index is -0.365. The molecule has 0 radical (unpaired) electrons. The highest BCUT2D eigenvalue weighted by Crippen LogP contribution is 2.35. The lowest BCUT2D eigenvalue weighted by Crippen LogP contribution is -2.24. The molecule has 1 aliphatic carbocycles. The van der Waals surface area contributed by atoms with Gasteiger partial charge in [-0.1, -0.05) is 66.4 Å². The molecule has 2 heterocycles. The average molecular weight is 496 g/mol. The first-order valence-electron chi connectivity index (χ1n) is 10.4. The van der Waals surface area contributed by atoms with Crippen molar-refractivity contribution in [2.45, 2.75) is 61.9 Å². The number of aromatic nitrogens is 3. The summed E-state index contributed by atoms with van der Waals surface area (Å²) in [6, 6.07) is 9.77. The molecule has 1 aliphatic rings. The molecular weight excluding hydrogens is 471 g/mol. The van der Waals surface area contributed by atoms with Gasteiger partial charge in [-0.25, -0.2) is 0 Å². The molecule has 1 saturated carbocycles. The summed E-state index contributed by atoms with van der Waals surface area (Å²) in [5.74, 6) is 0.828. The number of thiophene rings is 1. The second kappa shape index (κ2) is 10.4. The van der Waals surface area contributed by atoms with Crippen LogP contribution in [-0.4, -0.2) is 25.9 Å². The van der Waals surface area contributed by atoms with Crippen LogP contribution in [0.3, 0.4) is 0 Å². The van der Waals surface area contributed by atoms with E-state index in [4.69, 9.17) is 23.2 Å². The Morgan fingerprint density at radius 3 is 2.77 bits per heavy atom. The Bertz CT molecular complexity index is 1030. The summed E-state index contributed by atoms with van der Waals surface area (Å²) < 4.78 is 2.28. The van der Waals surface area contributed by atoms with E-state index >= 15 is 0 Å². The maximum Gasteiger partial charge on any atom is 0.237 e. The summed E-state index contributed by atoms with van der Waals surface area (Å²) in [6.07, 6.45) is 6.73. The third-order valence-corrected chi connectivity index (χ3v) is 8.20. The number of benzene rings is 1. The number of carbonyl (C=O) groups excluding carboxylic acids is 1. The number of nitrogens with zero attached hydrogens (tertiary/aromatic N) is 3. The van der Waals surface area contributed by atoms with Gasteiger partial charge >= 0.3 is 0 Å². The molecule has 5 nitrogen and oxygen atoms in total. The van der Waals surface area contributed by atoms with Crippen LogP contribution in [0.15, 0.2) is 40.9 Å². The molecule has 31 heavy (non-hydrogen) atoms. The number of nitrogens with one attached hydrogen (secondary N) is 1. The van der Waals surface area contributed by atoms with E-state index in [0.717, 1.165) is 30.2 Å². The van der Waals surface area contributed by atoms with Crippen molar-refractivity contribution in [2.24, 2.45) is 0 Å². The lowest BCUT2D eigenvalue weighted by molar-refractivity contribution is -0.115. The molecule has 0 spiro atoms. The number of carbonyl (C=O) groups is 1. The van der Waals surface area contributed by atoms with Crippen molar-refractivity contribution in [3.63, 3.8) is 0 Å². The first kappa shape index (κ1) is 22.6. The van der Waals surface area contributed by atoms with Crippen molar-refractivity contribution in [1.29, 1.82) is 0 Å². The van der Waals surface area contributed by atoms with Crippen LogP contribution in [0.5, 0.6) is 0 Å². The monoisotopic (exact) mass is 494 g/mol. The fourth-order valence-electron chi connectivity index (χ4n) is 3.83. The van der Waals surface area contributed by atoms with Crippen molar-refractivity contribution < 1.29 is 4.79 Å². The van der Waals surface area contributed by atoms with Gasteiger partial charge in [0.1, 0.15) is 5.82 Å². The van der Waals surface area contributed by atoms with Crippen molar-refractivity contribution >= 4 is 57.9 Å². The smallest absolute Gasteiger partial charge is 0.237 e. The van der Waals surface area contributed by atoms with Gasteiger partial charge in [0.15, 0.2) is 5.16 Å². The quantitative estimate of drug-likeness (QED) is 0.364. The van der Waals surface area contributed by atoms with E-state index in [-0.39, 0.29) is 11.2 Å². The number of amides is 1. The number of hydrogen-bond acceptors (Lipinski definition) is 5. The number of hydrogen-bond donors (Lipinski definition) is 1. The Kier molecular flexibility index (Phi) is 7.59. The SMILES string of the molecule is CC(Sc1nnc(Cc2cccs2)n1C1CCCCC1)C(=O)Nc1cccc(Cl)c1Cl. The minimum absolute atomic E-state index is 0.146. The minimum Gasteiger partial charge on any atom is -0.324 e. The van der Waals surface area contributed by atoms with Crippen LogP contribution in [0, 0.1) is 0 Å². The number of rotatable bonds is 7. The van der Waals surface area contributed by atoms with E-state index in [1.807, 2.05) is 6.92 Å². The topological polar surface area (TPSA) is 59.8 Å². The summed E-state index contributed by atoms with van der Waals surface area (Å²) in [5, 5.41) is 15.2. The first-order chi connectivity index (χ1) is 15.0. The molecule has 1 aromatic carbocycles. The van der Waals surface area contributed by atoms with E-state index in [1.54, 1.807) is 29.5 Å². The summed E-state index contributed by atoms with van der Waals surface area (Å²) in [4.78, 5) is 14.1. The van der Waals surface area contributed by atoms with Gasteiger partial charge in [-0.05, 0) is 43.3 Å². The van der Waals surface area contributed by atoms with Gasteiger partial charge in [-0.15, -0.1) is 21.5 Å². The maximum atomic E-state index is 12.8. The highest BCUT2D eigenvalue weighted by molar-refractivity contribution is 8.00. The van der Waals surface area contributed by atoms with Crippen molar-refractivity contribution in [1.82, 2.24) is 14.8 Å². The molecule has 0 saturated heterocycles. The van der Waals surface area contributed by atoms with Gasteiger partial charge in [0.05, 0.1) is 21.0 Å². The van der Waals surface area contributed by atoms with Gasteiger partial charge in [0.25, 0.3) is 0 Å². The standard InChI is InChI=1S/C22H24Cl2N4OS2/c1-14(21(29)25-18-11-5-10-17(23)20(18)24)31-22-27-26-19(13-16-9-6-12-30-16)28(22)15-7-3-2-4-8-15/h5-6,9-12,14-15H,2-4,7-8,13H2,1H3,(H,25,29). The summed E-state index contributed by atoms with van der Waals surface area (Å²) in [7, 11) is 0. The fraction of sp³-hybridized carbons (Fsp3) is 0.409. The molecule has 1 fully saturated rings. The van der Waals surface area contributed by atoms with Crippen molar-refractivity contribution in [2.75, 3.05) is 5.32 Å². The van der Waals surface area contributed by atoms with Gasteiger partial charge in [0.2, 0.25) is 5.91 Å². The molecule has 4 rings (SSSR count). The molecule has 1 N–H and O–H groups in total. The van der Waals surface area contributed by atoms with E-state index in [1.165, 1.54) is 35.9 Å². The Balaban J connectivity index is 1.53. The van der Waals surface area contributed by atoms with E-state index in [9.17, 15) is 4.79 Å². The van der Waals surface area contributed by atoms with E-state index < -0.39 is 0 Å². The molecule has 2 aromatic heterocycles. The molecule has 0 aliphatic heterocycles. The lowest BCUT2D eigenvalue weighted by Gasteiger charge is -2.26. The Morgan fingerprint density at radius 1 is 1.23 bits per heavy atom. The Labute approximate surface area is 200 Å². The number of halogens is 2. The van der Waals surface area contributed by atoms with Gasteiger partial charge in [-0.3, -0.25) is 4.79 Å². The zero-order valence-corrected chi connectivity index (χ0v) is 20.3. The van der Waals surface area contributed by atoms with E-state index in [2.05, 4.69) is 37.6 Å². The van der Waals surface area contributed by atoms with Crippen molar-refractivity contribution in [3.8, 4) is 0 Å². The van der Waals surface area contributed by atoms with Crippen LogP contribution in [0.4, 0.5) is 5.69 Å². The third-order valence-electron chi connectivity index (χ3n) is 5.45. The predicted molar refractivity (Wildman–Crippen MR) is 130 cm³/mol. The largest absolute Gasteiger partial charge is 0.324 e. The normalized spacial score (nSPS) is 15.7. The molecule has 1 unspecified atom stereocenters.